The fourth-order valence-corrected chi connectivity index (χ4v) is 2.80. The van der Waals surface area contributed by atoms with E-state index in [1.165, 1.54) is 0 Å². The molecule has 0 bridgehead atoms. The second kappa shape index (κ2) is 9.53. The Labute approximate surface area is 164 Å². The third-order valence-electron chi connectivity index (χ3n) is 4.22. The van der Waals surface area contributed by atoms with Crippen LogP contribution >= 0.6 is 0 Å². The molecule has 3 rings (SSSR count). The minimum atomic E-state index is -0.292. The average Bonchev–Trinajstić information content (AvgIpc) is 2.71. The van der Waals surface area contributed by atoms with E-state index in [4.69, 9.17) is 9.84 Å². The van der Waals surface area contributed by atoms with Crippen LogP contribution in [0.2, 0.25) is 0 Å². The molecule has 1 aromatic heterocycles. The number of ether oxygens (including phenoxy) is 1. The number of hydrogen-bond donors (Lipinski definition) is 3. The molecule has 6 nitrogen and oxygen atoms in total. The standard InChI is InChI=1S/C22H23N3O3/c1-16-14-17(6-7-21(16)28-19-8-11-23-12-9-19)15-24-22(27)25-20-5-3-2-4-18(20)10-13-26/h2-9,11-12,14,26H,10,13,15H2,1H3,(H2,24,25,27). The smallest absolute Gasteiger partial charge is 0.319 e. The van der Waals surface area contributed by atoms with E-state index in [9.17, 15) is 4.79 Å². The van der Waals surface area contributed by atoms with Crippen molar-refractivity contribution in [2.75, 3.05) is 11.9 Å². The molecule has 0 atom stereocenters. The maximum absolute atomic E-state index is 12.2. The Balaban J connectivity index is 1.57. The number of anilines is 1. The van der Waals surface area contributed by atoms with Gasteiger partial charge >= 0.3 is 6.03 Å². The summed E-state index contributed by atoms with van der Waals surface area (Å²) in [5, 5.41) is 14.8. The zero-order valence-corrected chi connectivity index (χ0v) is 15.7. The topological polar surface area (TPSA) is 83.5 Å². The van der Waals surface area contributed by atoms with Crippen LogP contribution in [0.4, 0.5) is 10.5 Å². The summed E-state index contributed by atoms with van der Waals surface area (Å²) in [4.78, 5) is 16.2. The first-order valence-corrected chi connectivity index (χ1v) is 9.07. The molecule has 0 aliphatic heterocycles. The third kappa shape index (κ3) is 5.31. The fraction of sp³-hybridized carbons (Fsp3) is 0.182. The van der Waals surface area contributed by atoms with Crippen LogP contribution < -0.4 is 15.4 Å². The van der Waals surface area contributed by atoms with Crippen LogP contribution in [-0.4, -0.2) is 22.7 Å². The molecule has 0 aliphatic carbocycles. The molecular weight excluding hydrogens is 354 g/mol. The van der Waals surface area contributed by atoms with Gasteiger partial charge < -0.3 is 20.5 Å². The lowest BCUT2D eigenvalue weighted by atomic mass is 10.1. The SMILES string of the molecule is Cc1cc(CNC(=O)Nc2ccccc2CCO)ccc1Oc1ccncc1. The van der Waals surface area contributed by atoms with Crippen LogP contribution in [0, 0.1) is 6.92 Å². The van der Waals surface area contributed by atoms with Crippen LogP contribution in [0.5, 0.6) is 11.5 Å². The molecular formula is C22H23N3O3. The van der Waals surface area contributed by atoms with Crippen molar-refractivity contribution in [3.8, 4) is 11.5 Å². The lowest BCUT2D eigenvalue weighted by Crippen LogP contribution is -2.28. The summed E-state index contributed by atoms with van der Waals surface area (Å²) in [7, 11) is 0. The molecule has 1 heterocycles. The zero-order chi connectivity index (χ0) is 19.8. The first-order valence-electron chi connectivity index (χ1n) is 9.07. The number of aliphatic hydroxyl groups excluding tert-OH is 1. The van der Waals surface area contributed by atoms with E-state index in [-0.39, 0.29) is 12.6 Å². The minimum absolute atomic E-state index is 0.0352. The van der Waals surface area contributed by atoms with Crippen molar-refractivity contribution in [2.24, 2.45) is 0 Å². The number of hydrogen-bond acceptors (Lipinski definition) is 4. The average molecular weight is 377 g/mol. The quantitative estimate of drug-likeness (QED) is 0.580. The number of rotatable bonds is 7. The molecule has 0 fully saturated rings. The number of aromatic nitrogens is 1. The molecule has 0 unspecified atom stereocenters. The molecule has 28 heavy (non-hydrogen) atoms. The highest BCUT2D eigenvalue weighted by Crippen LogP contribution is 2.25. The first kappa shape index (κ1) is 19.4. The van der Waals surface area contributed by atoms with Crippen molar-refractivity contribution in [1.29, 1.82) is 0 Å². The molecule has 0 saturated heterocycles. The number of aliphatic hydroxyl groups is 1. The van der Waals surface area contributed by atoms with Crippen molar-refractivity contribution in [3.63, 3.8) is 0 Å². The monoisotopic (exact) mass is 377 g/mol. The number of amides is 2. The number of benzene rings is 2. The van der Waals surface area contributed by atoms with Crippen LogP contribution in [0.15, 0.2) is 67.0 Å². The van der Waals surface area contributed by atoms with E-state index in [1.807, 2.05) is 49.4 Å². The third-order valence-corrected chi connectivity index (χ3v) is 4.22. The van der Waals surface area contributed by atoms with Crippen molar-refractivity contribution < 1.29 is 14.6 Å². The highest BCUT2D eigenvalue weighted by Gasteiger charge is 2.07. The normalized spacial score (nSPS) is 10.4. The molecule has 6 heteroatoms. The largest absolute Gasteiger partial charge is 0.457 e. The number of para-hydroxylation sites is 1. The molecule has 3 aromatic rings. The van der Waals surface area contributed by atoms with E-state index in [0.29, 0.717) is 18.7 Å². The molecule has 144 valence electrons. The number of urea groups is 1. The molecule has 0 aliphatic rings. The van der Waals surface area contributed by atoms with E-state index < -0.39 is 0 Å². The summed E-state index contributed by atoms with van der Waals surface area (Å²) < 4.78 is 5.84. The van der Waals surface area contributed by atoms with Crippen LogP contribution in [0.3, 0.4) is 0 Å². The van der Waals surface area contributed by atoms with Crippen molar-refractivity contribution >= 4 is 11.7 Å². The lowest BCUT2D eigenvalue weighted by Gasteiger charge is -2.13. The van der Waals surface area contributed by atoms with Gasteiger partial charge in [-0.1, -0.05) is 30.3 Å². The minimum Gasteiger partial charge on any atom is -0.457 e. The van der Waals surface area contributed by atoms with Gasteiger partial charge in [0.25, 0.3) is 0 Å². The fourth-order valence-electron chi connectivity index (χ4n) is 2.80. The van der Waals surface area contributed by atoms with Gasteiger partial charge in [-0.2, -0.15) is 0 Å². The molecule has 0 spiro atoms. The highest BCUT2D eigenvalue weighted by atomic mass is 16.5. The summed E-state index contributed by atoms with van der Waals surface area (Å²) in [6.45, 7) is 2.39. The van der Waals surface area contributed by atoms with E-state index >= 15 is 0 Å². The Hall–Kier alpha value is -3.38. The van der Waals surface area contributed by atoms with E-state index in [0.717, 1.165) is 28.2 Å². The second-order valence-electron chi connectivity index (χ2n) is 6.32. The van der Waals surface area contributed by atoms with Gasteiger partial charge in [-0.25, -0.2) is 4.79 Å². The van der Waals surface area contributed by atoms with Crippen LogP contribution in [0.1, 0.15) is 16.7 Å². The summed E-state index contributed by atoms with van der Waals surface area (Å²) >= 11 is 0. The summed E-state index contributed by atoms with van der Waals surface area (Å²) in [6.07, 6.45) is 3.86. The maximum atomic E-state index is 12.2. The van der Waals surface area contributed by atoms with Gasteiger partial charge in [0.15, 0.2) is 0 Å². The number of nitrogens with one attached hydrogen (secondary N) is 2. The van der Waals surface area contributed by atoms with E-state index in [1.54, 1.807) is 24.5 Å². The number of pyridine rings is 1. The first-order chi connectivity index (χ1) is 13.7. The van der Waals surface area contributed by atoms with Gasteiger partial charge in [0.05, 0.1) is 0 Å². The van der Waals surface area contributed by atoms with E-state index in [2.05, 4.69) is 15.6 Å². The predicted octanol–water partition coefficient (Wildman–Crippen LogP) is 4.04. The number of carbonyl (C=O) groups excluding carboxylic acids is 1. The summed E-state index contributed by atoms with van der Waals surface area (Å²) in [6, 6.07) is 16.5. The number of nitrogens with zero attached hydrogens (tertiary/aromatic N) is 1. The van der Waals surface area contributed by atoms with Gasteiger partial charge in [0.1, 0.15) is 11.5 Å². The summed E-state index contributed by atoms with van der Waals surface area (Å²) in [5.41, 5.74) is 3.54. The molecule has 2 aromatic carbocycles. The molecule has 2 amide bonds. The predicted molar refractivity (Wildman–Crippen MR) is 109 cm³/mol. The Morgan fingerprint density at radius 2 is 1.89 bits per heavy atom. The van der Waals surface area contributed by atoms with Crippen molar-refractivity contribution in [3.05, 3.63) is 83.7 Å². The Morgan fingerprint density at radius 1 is 1.11 bits per heavy atom. The summed E-state index contributed by atoms with van der Waals surface area (Å²) in [5.74, 6) is 1.49. The number of aryl methyl sites for hydroxylation is 1. The lowest BCUT2D eigenvalue weighted by molar-refractivity contribution is 0.251. The van der Waals surface area contributed by atoms with Crippen molar-refractivity contribution in [2.45, 2.75) is 19.9 Å². The molecule has 0 radical (unpaired) electrons. The van der Waals surface area contributed by atoms with Gasteiger partial charge in [-0.3, -0.25) is 4.98 Å². The van der Waals surface area contributed by atoms with Gasteiger partial charge in [-0.15, -0.1) is 0 Å². The molecule has 3 N–H and O–H groups in total. The van der Waals surface area contributed by atoms with Gasteiger partial charge in [0, 0.05) is 31.2 Å². The molecule has 0 saturated carbocycles. The Morgan fingerprint density at radius 3 is 2.64 bits per heavy atom. The van der Waals surface area contributed by atoms with Crippen molar-refractivity contribution in [1.82, 2.24) is 10.3 Å². The Bertz CT molecular complexity index is 929. The zero-order valence-electron chi connectivity index (χ0n) is 15.7. The van der Waals surface area contributed by atoms with Crippen LogP contribution in [0.25, 0.3) is 0 Å². The van der Waals surface area contributed by atoms with Gasteiger partial charge in [0.2, 0.25) is 0 Å². The second-order valence-corrected chi connectivity index (χ2v) is 6.32. The van der Waals surface area contributed by atoms with Crippen LogP contribution in [-0.2, 0) is 13.0 Å². The number of carbonyl (C=O) groups is 1. The highest BCUT2D eigenvalue weighted by molar-refractivity contribution is 5.90. The van der Waals surface area contributed by atoms with Gasteiger partial charge in [-0.05, 0) is 54.3 Å². The maximum Gasteiger partial charge on any atom is 0.319 e. The Kier molecular flexibility index (Phi) is 6.59.